The Morgan fingerprint density at radius 2 is 1.30 bits per heavy atom. The molecule has 1 aromatic heterocycles. The first-order chi connectivity index (χ1) is 26.0. The molecule has 2 fully saturated rings. The van der Waals surface area contributed by atoms with E-state index in [1.165, 1.54) is 0 Å². The molecule has 4 aromatic carbocycles. The number of ether oxygens (including phenoxy) is 5. The van der Waals surface area contributed by atoms with Gasteiger partial charge in [-0.05, 0) is 84.6 Å². The molecule has 53 heavy (non-hydrogen) atoms. The minimum atomic E-state index is -0.559. The number of aromatic nitrogens is 2. The highest BCUT2D eigenvalue weighted by atomic mass is 16.7. The molecule has 0 bridgehead atoms. The van der Waals surface area contributed by atoms with E-state index < -0.39 is 5.79 Å². The van der Waals surface area contributed by atoms with Crippen molar-refractivity contribution >= 4 is 23.4 Å². The Hall–Kier alpha value is -5.65. The van der Waals surface area contributed by atoms with Gasteiger partial charge in [0.2, 0.25) is 0 Å². The maximum atomic E-state index is 14.7. The molecule has 1 saturated carbocycles. The van der Waals surface area contributed by atoms with Crippen LogP contribution in [0.15, 0.2) is 109 Å². The Bertz CT molecular complexity index is 1940. The highest BCUT2D eigenvalue weighted by Crippen LogP contribution is 2.43. The fraction of sp³-hybridized carbons (Fsp3) is 0.310. The smallest absolute Gasteiger partial charge is 0.330 e. The van der Waals surface area contributed by atoms with Crippen LogP contribution in [0, 0.1) is 0 Å². The third kappa shape index (κ3) is 7.35. The van der Waals surface area contributed by atoms with Crippen LogP contribution < -0.4 is 28.9 Å². The van der Waals surface area contributed by atoms with Crippen LogP contribution in [0.25, 0.3) is 0 Å². The molecule has 5 aromatic rings. The Labute approximate surface area is 309 Å². The van der Waals surface area contributed by atoms with Crippen molar-refractivity contribution in [2.24, 2.45) is 0 Å². The van der Waals surface area contributed by atoms with Gasteiger partial charge in [-0.25, -0.2) is 14.8 Å². The van der Waals surface area contributed by atoms with Gasteiger partial charge in [0.25, 0.3) is 0 Å². The minimum absolute atomic E-state index is 0.0949. The number of carbonyl (C=O) groups excluding carboxylic acids is 1. The fourth-order valence-electron chi connectivity index (χ4n) is 7.51. The summed E-state index contributed by atoms with van der Waals surface area (Å²) in [6, 6.07) is 33.3. The molecule has 1 saturated heterocycles. The number of hydrogen-bond acceptors (Lipinski definition) is 9. The van der Waals surface area contributed by atoms with Gasteiger partial charge in [-0.3, -0.25) is 9.80 Å². The van der Waals surface area contributed by atoms with Gasteiger partial charge in [-0.1, -0.05) is 42.5 Å². The summed E-state index contributed by atoms with van der Waals surface area (Å²) in [6.45, 7) is 2.63. The largest absolute Gasteiger partial charge is 0.497 e. The summed E-state index contributed by atoms with van der Waals surface area (Å²) in [5.74, 6) is 3.87. The molecular formula is C42H43N5O6. The van der Waals surface area contributed by atoms with Crippen molar-refractivity contribution in [3.8, 4) is 23.0 Å². The minimum Gasteiger partial charge on any atom is -0.497 e. The lowest BCUT2D eigenvalue weighted by atomic mass is 9.88. The van der Waals surface area contributed by atoms with Crippen molar-refractivity contribution in [3.63, 3.8) is 0 Å². The normalized spacial score (nSPS) is 16.8. The summed E-state index contributed by atoms with van der Waals surface area (Å²) in [6.07, 6.45) is 4.46. The topological polar surface area (TPSA) is 98.7 Å². The Morgan fingerprint density at radius 1 is 0.736 bits per heavy atom. The third-order valence-corrected chi connectivity index (χ3v) is 10.3. The van der Waals surface area contributed by atoms with E-state index in [0.717, 1.165) is 58.3 Å². The van der Waals surface area contributed by atoms with Crippen LogP contribution in [0.5, 0.6) is 23.0 Å². The summed E-state index contributed by atoms with van der Waals surface area (Å²) < 4.78 is 29.1. The Morgan fingerprint density at radius 3 is 1.89 bits per heavy atom. The van der Waals surface area contributed by atoms with E-state index in [-0.39, 0.29) is 12.1 Å². The molecule has 8 rings (SSSR count). The lowest BCUT2D eigenvalue weighted by Gasteiger charge is -2.44. The molecule has 1 aliphatic carbocycles. The van der Waals surface area contributed by atoms with E-state index >= 15 is 0 Å². The highest BCUT2D eigenvalue weighted by Gasteiger charge is 2.46. The van der Waals surface area contributed by atoms with Crippen molar-refractivity contribution in [3.05, 3.63) is 126 Å². The van der Waals surface area contributed by atoms with Crippen LogP contribution in [0.2, 0.25) is 0 Å². The van der Waals surface area contributed by atoms with E-state index in [4.69, 9.17) is 33.7 Å². The van der Waals surface area contributed by atoms with Crippen LogP contribution in [0.4, 0.5) is 22.1 Å². The summed E-state index contributed by atoms with van der Waals surface area (Å²) in [4.78, 5) is 30.5. The van der Waals surface area contributed by atoms with Gasteiger partial charge in [-0.15, -0.1) is 0 Å². The number of hydrogen-bond donors (Lipinski definition) is 0. The molecule has 272 valence electrons. The average Bonchev–Trinajstić information content (AvgIpc) is 3.66. The maximum Gasteiger partial charge on any atom is 0.330 e. The molecule has 0 unspecified atom stereocenters. The fourth-order valence-corrected chi connectivity index (χ4v) is 7.51. The van der Waals surface area contributed by atoms with Crippen molar-refractivity contribution < 1.29 is 28.5 Å². The number of anilines is 3. The van der Waals surface area contributed by atoms with Crippen molar-refractivity contribution in [2.45, 2.75) is 57.1 Å². The molecule has 3 heterocycles. The zero-order chi connectivity index (χ0) is 36.2. The predicted molar refractivity (Wildman–Crippen MR) is 202 cm³/mol. The molecule has 0 N–H and O–H groups in total. The first-order valence-electron chi connectivity index (χ1n) is 18.1. The van der Waals surface area contributed by atoms with Gasteiger partial charge in [0.15, 0.2) is 5.79 Å². The van der Waals surface area contributed by atoms with Gasteiger partial charge in [0, 0.05) is 37.7 Å². The summed E-state index contributed by atoms with van der Waals surface area (Å²) in [5, 5.41) is 0. The van der Waals surface area contributed by atoms with E-state index in [9.17, 15) is 4.79 Å². The maximum absolute atomic E-state index is 14.7. The molecule has 1 spiro atoms. The Kier molecular flexibility index (Phi) is 9.84. The number of para-hydroxylation sites is 1. The highest BCUT2D eigenvalue weighted by molar-refractivity contribution is 6.06. The van der Waals surface area contributed by atoms with Crippen LogP contribution in [-0.4, -0.2) is 55.3 Å². The van der Waals surface area contributed by atoms with Gasteiger partial charge in [0.05, 0.1) is 39.5 Å². The summed E-state index contributed by atoms with van der Waals surface area (Å²) in [5.41, 5.74) is 3.82. The number of urea groups is 1. The van der Waals surface area contributed by atoms with Crippen molar-refractivity contribution in [2.75, 3.05) is 42.1 Å². The molecule has 3 aliphatic rings. The number of rotatable bonds is 11. The number of carbonyl (C=O) groups is 1. The molecule has 0 atom stereocenters. The van der Waals surface area contributed by atoms with E-state index in [1.807, 2.05) is 88.7 Å². The second kappa shape index (κ2) is 15.1. The quantitative estimate of drug-likeness (QED) is 0.134. The number of methoxy groups -OCH3 is 2. The standard InChI is InChI=1S/C42H43N5O6/c1-49-34-14-8-30(9-15-34)26-45(27-31-10-16-35(50-2)17-11-31)39-38-28-46(32-12-18-37(19-13-32)53-36-6-4-3-5-7-36)41(48)47(40(38)44-29-43-39)33-20-22-42(23-21-33)51-24-25-52-42/h3-19,29,33H,20-28H2,1-2H3. The second-order valence-electron chi connectivity index (χ2n) is 13.5. The Balaban J connectivity index is 1.17. The molecule has 11 nitrogen and oxygen atoms in total. The first-order valence-corrected chi connectivity index (χ1v) is 18.1. The predicted octanol–water partition coefficient (Wildman–Crippen LogP) is 8.13. The van der Waals surface area contributed by atoms with E-state index in [0.29, 0.717) is 57.3 Å². The molecule has 2 aliphatic heterocycles. The lowest BCUT2D eigenvalue weighted by molar-refractivity contribution is -0.178. The zero-order valence-electron chi connectivity index (χ0n) is 30.0. The number of nitrogens with zero attached hydrogens (tertiary/aromatic N) is 5. The van der Waals surface area contributed by atoms with Gasteiger partial charge >= 0.3 is 6.03 Å². The van der Waals surface area contributed by atoms with Crippen LogP contribution in [0.3, 0.4) is 0 Å². The monoisotopic (exact) mass is 713 g/mol. The summed E-state index contributed by atoms with van der Waals surface area (Å²) in [7, 11) is 3.33. The number of benzene rings is 4. The van der Waals surface area contributed by atoms with Crippen LogP contribution in [-0.2, 0) is 29.1 Å². The van der Waals surface area contributed by atoms with Crippen molar-refractivity contribution in [1.82, 2.24) is 9.97 Å². The van der Waals surface area contributed by atoms with E-state index in [2.05, 4.69) is 29.2 Å². The molecule has 2 amide bonds. The lowest BCUT2D eigenvalue weighted by Crippen LogP contribution is -2.55. The van der Waals surface area contributed by atoms with Crippen molar-refractivity contribution in [1.29, 1.82) is 0 Å². The zero-order valence-corrected chi connectivity index (χ0v) is 30.0. The first kappa shape index (κ1) is 34.4. The third-order valence-electron chi connectivity index (χ3n) is 10.3. The average molecular weight is 714 g/mol. The van der Waals surface area contributed by atoms with Gasteiger partial charge in [-0.2, -0.15) is 0 Å². The van der Waals surface area contributed by atoms with Crippen LogP contribution in [0.1, 0.15) is 42.4 Å². The number of fused-ring (bicyclic) bond motifs is 1. The summed E-state index contributed by atoms with van der Waals surface area (Å²) >= 11 is 0. The second-order valence-corrected chi connectivity index (χ2v) is 13.5. The SMILES string of the molecule is COc1ccc(CN(Cc2ccc(OC)cc2)c2ncnc3c2CN(c2ccc(Oc4ccccc4)cc2)C(=O)N3C2CCC3(CC2)OCCO3)cc1. The molecule has 11 heteroatoms. The van der Waals surface area contributed by atoms with E-state index in [1.54, 1.807) is 20.5 Å². The molecule has 0 radical (unpaired) electrons. The van der Waals surface area contributed by atoms with Gasteiger partial charge < -0.3 is 28.6 Å². The molecular weight excluding hydrogens is 670 g/mol. The number of amides is 2. The van der Waals surface area contributed by atoms with Gasteiger partial charge in [0.1, 0.15) is 41.0 Å². The van der Waals surface area contributed by atoms with Crippen LogP contribution >= 0.6 is 0 Å².